The first-order valence-electron chi connectivity index (χ1n) is 12.2. The van der Waals surface area contributed by atoms with Crippen molar-refractivity contribution in [2.24, 2.45) is 5.73 Å². The quantitative estimate of drug-likeness (QED) is 0.293. The number of fused-ring (bicyclic) bond motifs is 1. The Hall–Kier alpha value is -4.54. The van der Waals surface area contributed by atoms with Crippen molar-refractivity contribution in [3.05, 3.63) is 100 Å². The molecular formula is C28H27F3N4O4. The Kier molecular flexibility index (Phi) is 8.38. The lowest BCUT2D eigenvalue weighted by molar-refractivity contribution is -0.137. The van der Waals surface area contributed by atoms with E-state index in [1.807, 2.05) is 18.2 Å². The number of alkyl halides is 3. The first kappa shape index (κ1) is 27.5. The van der Waals surface area contributed by atoms with Crippen molar-refractivity contribution in [3.8, 4) is 5.75 Å². The second-order valence-corrected chi connectivity index (χ2v) is 8.94. The number of carbonyl (C=O) groups excluding carboxylic acids is 2. The Morgan fingerprint density at radius 2 is 1.56 bits per heavy atom. The number of aromatic nitrogens is 2. The predicted molar refractivity (Wildman–Crippen MR) is 139 cm³/mol. The number of ether oxygens (including phenoxy) is 1. The van der Waals surface area contributed by atoms with E-state index in [1.165, 1.54) is 15.5 Å². The summed E-state index contributed by atoms with van der Waals surface area (Å²) in [6, 6.07) is 20.9. The average Bonchev–Trinajstić information content (AvgIpc) is 3.16. The number of carbonyl (C=O) groups is 2. The van der Waals surface area contributed by atoms with Gasteiger partial charge in [-0.3, -0.25) is 18.7 Å². The Bertz CT molecular complexity index is 1500. The summed E-state index contributed by atoms with van der Waals surface area (Å²) >= 11 is 0. The highest BCUT2D eigenvalue weighted by Gasteiger charge is 2.31. The zero-order chi connectivity index (χ0) is 28.0. The number of aryl methyl sites for hydroxylation is 1. The maximum Gasteiger partial charge on any atom is 0.416 e. The molecule has 0 aliphatic heterocycles. The molecule has 0 radical (unpaired) electrons. The topological polar surface area (TPSA) is 99.6 Å². The molecule has 0 fully saturated rings. The van der Waals surface area contributed by atoms with Crippen molar-refractivity contribution in [2.75, 3.05) is 13.2 Å². The molecule has 11 heteroatoms. The van der Waals surface area contributed by atoms with E-state index >= 15 is 0 Å². The van der Waals surface area contributed by atoms with Crippen LogP contribution in [0.5, 0.6) is 5.75 Å². The summed E-state index contributed by atoms with van der Waals surface area (Å²) < 4.78 is 48.4. The lowest BCUT2D eigenvalue weighted by atomic mass is 10.2. The number of benzene rings is 3. The number of nitrogens with zero attached hydrogens (tertiary/aromatic N) is 3. The summed E-state index contributed by atoms with van der Waals surface area (Å²) in [6.45, 7) is -0.486. The molecule has 2 N–H and O–H groups in total. The zero-order valence-corrected chi connectivity index (χ0v) is 20.9. The normalized spacial score (nSPS) is 11.5. The lowest BCUT2D eigenvalue weighted by Gasteiger charge is -2.21. The average molecular weight is 541 g/mol. The number of para-hydroxylation sites is 1. The van der Waals surface area contributed by atoms with Gasteiger partial charge in [-0.05, 0) is 42.3 Å². The molecule has 4 rings (SSSR count). The van der Waals surface area contributed by atoms with Gasteiger partial charge in [0.1, 0.15) is 12.3 Å². The fourth-order valence-corrected chi connectivity index (χ4v) is 4.25. The maximum atomic E-state index is 13.5. The summed E-state index contributed by atoms with van der Waals surface area (Å²) in [4.78, 5) is 39.5. The Labute approximate surface area is 222 Å². The summed E-state index contributed by atoms with van der Waals surface area (Å²) in [5.41, 5.74) is 4.76. The summed E-state index contributed by atoms with van der Waals surface area (Å²) in [6.07, 6.45) is -4.28. The van der Waals surface area contributed by atoms with Crippen LogP contribution in [-0.2, 0) is 35.4 Å². The molecule has 0 aliphatic rings. The third kappa shape index (κ3) is 6.86. The Balaban J connectivity index is 1.62. The van der Waals surface area contributed by atoms with Gasteiger partial charge >= 0.3 is 11.9 Å². The van der Waals surface area contributed by atoms with Crippen LogP contribution < -0.4 is 16.2 Å². The fraction of sp³-hybridized carbons (Fsp3) is 0.250. The number of halogens is 3. The van der Waals surface area contributed by atoms with Gasteiger partial charge in [0.25, 0.3) is 0 Å². The van der Waals surface area contributed by atoms with Gasteiger partial charge in [0.05, 0.1) is 29.7 Å². The van der Waals surface area contributed by atoms with Gasteiger partial charge in [0.15, 0.2) is 0 Å². The molecule has 3 aromatic carbocycles. The third-order valence-corrected chi connectivity index (χ3v) is 6.09. The van der Waals surface area contributed by atoms with E-state index < -0.39 is 35.8 Å². The van der Waals surface area contributed by atoms with Gasteiger partial charge in [-0.15, -0.1) is 0 Å². The molecule has 1 aromatic heterocycles. The third-order valence-electron chi connectivity index (χ3n) is 6.09. The monoisotopic (exact) mass is 540 g/mol. The molecule has 8 nitrogen and oxygen atoms in total. The lowest BCUT2D eigenvalue weighted by Crippen LogP contribution is -2.41. The van der Waals surface area contributed by atoms with Crippen LogP contribution in [0.25, 0.3) is 11.0 Å². The van der Waals surface area contributed by atoms with Gasteiger partial charge in [-0.2, -0.15) is 13.2 Å². The van der Waals surface area contributed by atoms with Gasteiger partial charge in [-0.25, -0.2) is 4.79 Å². The standard InChI is InChI=1S/C28H27F3N4O4/c29-28(30,31)21-12-13-23-24(16-21)34(14-7-15-39-22-10-5-2-6-11-22)27(38)35(23)19-26(37)33(18-25(32)36)17-20-8-3-1-4-9-20/h1-6,8-13,16H,7,14-15,17-19H2,(H2,32,36). The van der Waals surface area contributed by atoms with E-state index in [-0.39, 0.29) is 37.3 Å². The second kappa shape index (κ2) is 11.9. The van der Waals surface area contributed by atoms with Crippen LogP contribution in [0, 0.1) is 0 Å². The minimum absolute atomic E-state index is 0.0480. The Morgan fingerprint density at radius 1 is 0.897 bits per heavy atom. The van der Waals surface area contributed by atoms with Gasteiger partial charge < -0.3 is 15.4 Å². The van der Waals surface area contributed by atoms with E-state index in [1.54, 1.807) is 42.5 Å². The summed E-state index contributed by atoms with van der Waals surface area (Å²) in [5.74, 6) is -0.682. The highest BCUT2D eigenvalue weighted by Crippen LogP contribution is 2.31. The molecule has 4 aromatic rings. The van der Waals surface area contributed by atoms with E-state index in [0.717, 1.165) is 22.3 Å². The molecule has 39 heavy (non-hydrogen) atoms. The van der Waals surface area contributed by atoms with E-state index in [4.69, 9.17) is 10.5 Å². The van der Waals surface area contributed by atoms with Crippen LogP contribution in [0.3, 0.4) is 0 Å². The van der Waals surface area contributed by atoms with Gasteiger partial charge in [-0.1, -0.05) is 48.5 Å². The van der Waals surface area contributed by atoms with Crippen molar-refractivity contribution >= 4 is 22.8 Å². The molecule has 0 bridgehead atoms. The van der Waals surface area contributed by atoms with E-state index in [2.05, 4.69) is 0 Å². The minimum Gasteiger partial charge on any atom is -0.494 e. The van der Waals surface area contributed by atoms with Crippen LogP contribution in [-0.4, -0.2) is 39.0 Å². The summed E-state index contributed by atoms with van der Waals surface area (Å²) in [7, 11) is 0. The maximum absolute atomic E-state index is 13.5. The van der Waals surface area contributed by atoms with Crippen molar-refractivity contribution in [2.45, 2.75) is 32.2 Å². The van der Waals surface area contributed by atoms with Crippen LogP contribution in [0.2, 0.25) is 0 Å². The van der Waals surface area contributed by atoms with Crippen LogP contribution in [0.1, 0.15) is 17.5 Å². The molecular weight excluding hydrogens is 513 g/mol. The highest BCUT2D eigenvalue weighted by molar-refractivity contribution is 5.85. The SMILES string of the molecule is NC(=O)CN(Cc1ccccc1)C(=O)Cn1c(=O)n(CCCOc2ccccc2)c2cc(C(F)(F)F)ccc21. The van der Waals surface area contributed by atoms with Crippen molar-refractivity contribution in [1.29, 1.82) is 0 Å². The number of hydrogen-bond acceptors (Lipinski definition) is 4. The number of imidazole rings is 1. The smallest absolute Gasteiger partial charge is 0.416 e. The fourth-order valence-electron chi connectivity index (χ4n) is 4.25. The van der Waals surface area contributed by atoms with Crippen molar-refractivity contribution in [3.63, 3.8) is 0 Å². The van der Waals surface area contributed by atoms with Gasteiger partial charge in [0.2, 0.25) is 11.8 Å². The molecule has 0 aliphatic carbocycles. The largest absolute Gasteiger partial charge is 0.494 e. The molecule has 0 saturated heterocycles. The predicted octanol–water partition coefficient (Wildman–Crippen LogP) is 3.81. The number of hydrogen-bond donors (Lipinski definition) is 1. The molecule has 0 atom stereocenters. The number of nitrogens with two attached hydrogens (primary N) is 1. The number of rotatable bonds is 11. The highest BCUT2D eigenvalue weighted by atomic mass is 19.4. The van der Waals surface area contributed by atoms with Crippen LogP contribution >= 0.6 is 0 Å². The van der Waals surface area contributed by atoms with Crippen LogP contribution in [0.15, 0.2) is 83.7 Å². The molecule has 0 saturated carbocycles. The molecule has 0 unspecified atom stereocenters. The summed E-state index contributed by atoms with van der Waals surface area (Å²) in [5, 5.41) is 0. The van der Waals surface area contributed by atoms with Crippen LogP contribution in [0.4, 0.5) is 13.2 Å². The second-order valence-electron chi connectivity index (χ2n) is 8.94. The van der Waals surface area contributed by atoms with Crippen molar-refractivity contribution < 1.29 is 27.5 Å². The van der Waals surface area contributed by atoms with Crippen molar-refractivity contribution in [1.82, 2.24) is 14.0 Å². The first-order chi connectivity index (χ1) is 18.6. The number of amides is 2. The zero-order valence-electron chi connectivity index (χ0n) is 20.9. The van der Waals surface area contributed by atoms with Gasteiger partial charge in [0, 0.05) is 13.1 Å². The first-order valence-corrected chi connectivity index (χ1v) is 12.2. The molecule has 2 amide bonds. The van der Waals surface area contributed by atoms with E-state index in [0.29, 0.717) is 12.2 Å². The molecule has 204 valence electrons. The number of primary amides is 1. The van der Waals surface area contributed by atoms with E-state index in [9.17, 15) is 27.6 Å². The molecule has 1 heterocycles. The minimum atomic E-state index is -4.61. The Morgan fingerprint density at radius 3 is 2.21 bits per heavy atom. The molecule has 0 spiro atoms.